The van der Waals surface area contributed by atoms with Crippen molar-refractivity contribution in [2.24, 2.45) is 4.99 Å². The number of ether oxygens (including phenoxy) is 1. The van der Waals surface area contributed by atoms with Crippen molar-refractivity contribution < 1.29 is 14.5 Å². The van der Waals surface area contributed by atoms with E-state index in [-0.39, 0.29) is 11.6 Å². The lowest BCUT2D eigenvalue weighted by Crippen LogP contribution is -2.33. The molecule has 0 spiro atoms. The van der Waals surface area contributed by atoms with Crippen molar-refractivity contribution in [2.45, 2.75) is 0 Å². The average molecular weight is 325 g/mol. The molecular formula is C17H15N3O4. The van der Waals surface area contributed by atoms with Crippen LogP contribution >= 0.6 is 0 Å². The molecule has 0 aliphatic carbocycles. The van der Waals surface area contributed by atoms with Crippen LogP contribution in [-0.2, 0) is 0 Å². The number of nitro benzene ring substituents is 1. The van der Waals surface area contributed by atoms with E-state index < -0.39 is 4.92 Å². The van der Waals surface area contributed by atoms with E-state index in [2.05, 4.69) is 4.99 Å². The summed E-state index contributed by atoms with van der Waals surface area (Å²) in [6.45, 7) is 0.807. The Kier molecular flexibility index (Phi) is 4.24. The number of non-ortho nitro benzene ring substituents is 1. The van der Waals surface area contributed by atoms with Gasteiger partial charge in [-0.25, -0.2) is 0 Å². The summed E-state index contributed by atoms with van der Waals surface area (Å²) in [6.07, 6.45) is 1.57. The van der Waals surface area contributed by atoms with E-state index in [4.69, 9.17) is 4.74 Å². The third-order valence-electron chi connectivity index (χ3n) is 3.78. The van der Waals surface area contributed by atoms with Crippen LogP contribution in [0.2, 0.25) is 0 Å². The second kappa shape index (κ2) is 6.49. The molecule has 1 heterocycles. The highest BCUT2D eigenvalue weighted by Gasteiger charge is 2.24. The molecule has 0 saturated heterocycles. The molecule has 0 saturated carbocycles. The van der Waals surface area contributed by atoms with E-state index in [1.54, 1.807) is 41.4 Å². The van der Waals surface area contributed by atoms with Gasteiger partial charge in [0.2, 0.25) is 0 Å². The number of hydrogen-bond donors (Lipinski definition) is 0. The molecule has 7 heteroatoms. The Hall–Kier alpha value is -3.22. The molecule has 122 valence electrons. The summed E-state index contributed by atoms with van der Waals surface area (Å²) in [5, 5.41) is 11.0. The number of hydrogen-bond acceptors (Lipinski definition) is 5. The van der Waals surface area contributed by atoms with E-state index in [0.29, 0.717) is 35.7 Å². The Morgan fingerprint density at radius 1 is 1.29 bits per heavy atom. The molecule has 0 unspecified atom stereocenters. The van der Waals surface area contributed by atoms with Crippen molar-refractivity contribution in [3.8, 4) is 5.75 Å². The number of nitrogens with zero attached hydrogens (tertiary/aromatic N) is 3. The van der Waals surface area contributed by atoms with Gasteiger partial charge < -0.3 is 9.64 Å². The van der Waals surface area contributed by atoms with Gasteiger partial charge in [0.25, 0.3) is 11.6 Å². The van der Waals surface area contributed by atoms with E-state index in [1.807, 2.05) is 0 Å². The second-order valence-corrected chi connectivity index (χ2v) is 5.19. The first-order valence-corrected chi connectivity index (χ1v) is 7.35. The molecule has 0 N–H and O–H groups in total. The maximum Gasteiger partial charge on any atom is 0.270 e. The Morgan fingerprint density at radius 2 is 2.08 bits per heavy atom. The number of benzene rings is 2. The molecule has 0 radical (unpaired) electrons. The van der Waals surface area contributed by atoms with Crippen molar-refractivity contribution in [3.05, 3.63) is 63.7 Å². The maximum absolute atomic E-state index is 13.0. The van der Waals surface area contributed by atoms with Crippen molar-refractivity contribution in [3.63, 3.8) is 0 Å². The van der Waals surface area contributed by atoms with Crippen LogP contribution in [0.1, 0.15) is 15.9 Å². The third kappa shape index (κ3) is 2.83. The van der Waals surface area contributed by atoms with Gasteiger partial charge in [-0.1, -0.05) is 12.1 Å². The SMILES string of the molecule is COc1ccccc1C(=O)N1CCN=Cc2cc([N+](=O)[O-])ccc21. The number of para-hydroxylation sites is 1. The first-order chi connectivity index (χ1) is 11.6. The van der Waals surface area contributed by atoms with Crippen LogP contribution in [0.3, 0.4) is 0 Å². The highest BCUT2D eigenvalue weighted by atomic mass is 16.6. The van der Waals surface area contributed by atoms with E-state index in [0.717, 1.165) is 0 Å². The first kappa shape index (κ1) is 15.7. The minimum Gasteiger partial charge on any atom is -0.496 e. The number of carbonyl (C=O) groups excluding carboxylic acids is 1. The summed E-state index contributed by atoms with van der Waals surface area (Å²) in [5.74, 6) is 0.254. The Bertz CT molecular complexity index is 832. The zero-order chi connectivity index (χ0) is 17.1. The lowest BCUT2D eigenvalue weighted by Gasteiger charge is -2.23. The van der Waals surface area contributed by atoms with Crippen LogP contribution in [0, 0.1) is 10.1 Å². The fourth-order valence-corrected chi connectivity index (χ4v) is 2.62. The molecule has 2 aromatic rings. The molecule has 7 nitrogen and oxygen atoms in total. The van der Waals surface area contributed by atoms with Crippen LogP contribution < -0.4 is 9.64 Å². The molecule has 0 fully saturated rings. The minimum absolute atomic E-state index is 0.0354. The van der Waals surface area contributed by atoms with Gasteiger partial charge in [0.1, 0.15) is 5.75 Å². The summed E-state index contributed by atoms with van der Waals surface area (Å²) in [4.78, 5) is 29.2. The molecule has 0 bridgehead atoms. The number of fused-ring (bicyclic) bond motifs is 1. The third-order valence-corrected chi connectivity index (χ3v) is 3.78. The molecular weight excluding hydrogens is 310 g/mol. The number of carbonyl (C=O) groups is 1. The van der Waals surface area contributed by atoms with Gasteiger partial charge in [-0.15, -0.1) is 0 Å². The zero-order valence-electron chi connectivity index (χ0n) is 13.0. The molecule has 1 amide bonds. The van der Waals surface area contributed by atoms with E-state index in [9.17, 15) is 14.9 Å². The lowest BCUT2D eigenvalue weighted by molar-refractivity contribution is -0.384. The zero-order valence-corrected chi connectivity index (χ0v) is 13.0. The molecule has 1 aliphatic heterocycles. The van der Waals surface area contributed by atoms with Gasteiger partial charge in [0.15, 0.2) is 0 Å². The highest BCUT2D eigenvalue weighted by molar-refractivity contribution is 6.10. The quantitative estimate of drug-likeness (QED) is 0.641. The topological polar surface area (TPSA) is 85.0 Å². The number of rotatable bonds is 3. The van der Waals surface area contributed by atoms with Crippen LogP contribution in [-0.4, -0.2) is 37.2 Å². The number of anilines is 1. The number of benzodiazepines with no additional fused rings is 1. The maximum atomic E-state index is 13.0. The summed E-state index contributed by atoms with van der Waals surface area (Å²) in [7, 11) is 1.51. The van der Waals surface area contributed by atoms with Crippen LogP contribution in [0.4, 0.5) is 11.4 Å². The van der Waals surface area contributed by atoms with Gasteiger partial charge in [0.05, 0.1) is 29.8 Å². The average Bonchev–Trinajstić information content (AvgIpc) is 2.82. The predicted octanol–water partition coefficient (Wildman–Crippen LogP) is 2.68. The van der Waals surface area contributed by atoms with Gasteiger partial charge in [-0.3, -0.25) is 19.9 Å². The molecule has 3 rings (SSSR count). The van der Waals surface area contributed by atoms with Gasteiger partial charge in [0, 0.05) is 30.5 Å². The molecule has 1 aliphatic rings. The molecule has 0 atom stereocenters. The second-order valence-electron chi connectivity index (χ2n) is 5.19. The lowest BCUT2D eigenvalue weighted by atomic mass is 10.1. The summed E-state index contributed by atoms with van der Waals surface area (Å²) in [5.41, 5.74) is 1.54. The smallest absolute Gasteiger partial charge is 0.270 e. The van der Waals surface area contributed by atoms with Gasteiger partial charge in [-0.05, 0) is 18.2 Å². The molecule has 2 aromatic carbocycles. The Balaban J connectivity index is 2.04. The number of nitro groups is 1. The molecule has 24 heavy (non-hydrogen) atoms. The standard InChI is InChI=1S/C17H15N3O4/c1-24-16-5-3-2-4-14(16)17(21)19-9-8-18-11-12-10-13(20(22)23)6-7-15(12)19/h2-7,10-11H,8-9H2,1H3. The van der Waals surface area contributed by atoms with Crippen LogP contribution in [0.15, 0.2) is 47.5 Å². The first-order valence-electron chi connectivity index (χ1n) is 7.35. The minimum atomic E-state index is -0.467. The highest BCUT2D eigenvalue weighted by Crippen LogP contribution is 2.29. The molecule has 0 aromatic heterocycles. The van der Waals surface area contributed by atoms with Crippen LogP contribution in [0.25, 0.3) is 0 Å². The predicted molar refractivity (Wildman–Crippen MR) is 90.2 cm³/mol. The monoisotopic (exact) mass is 325 g/mol. The van der Waals surface area contributed by atoms with E-state index in [1.165, 1.54) is 19.2 Å². The summed E-state index contributed by atoms with van der Waals surface area (Å²) < 4.78 is 5.26. The van der Waals surface area contributed by atoms with E-state index >= 15 is 0 Å². The van der Waals surface area contributed by atoms with Crippen molar-refractivity contribution in [1.29, 1.82) is 0 Å². The Morgan fingerprint density at radius 3 is 2.83 bits per heavy atom. The van der Waals surface area contributed by atoms with Crippen molar-refractivity contribution >= 4 is 23.5 Å². The number of methoxy groups -OCH3 is 1. The number of aliphatic imine (C=N–C) groups is 1. The van der Waals surface area contributed by atoms with Crippen molar-refractivity contribution in [1.82, 2.24) is 0 Å². The fraction of sp³-hybridized carbons (Fsp3) is 0.176. The van der Waals surface area contributed by atoms with Gasteiger partial charge >= 0.3 is 0 Å². The van der Waals surface area contributed by atoms with Gasteiger partial charge in [-0.2, -0.15) is 0 Å². The normalized spacial score (nSPS) is 13.1. The largest absolute Gasteiger partial charge is 0.496 e. The number of amides is 1. The van der Waals surface area contributed by atoms with Crippen molar-refractivity contribution in [2.75, 3.05) is 25.1 Å². The Labute approximate surface area is 138 Å². The van der Waals surface area contributed by atoms with Crippen LogP contribution in [0.5, 0.6) is 5.75 Å². The summed E-state index contributed by atoms with van der Waals surface area (Å²) >= 11 is 0. The summed E-state index contributed by atoms with van der Waals surface area (Å²) in [6, 6.07) is 11.4. The fourth-order valence-electron chi connectivity index (χ4n) is 2.62.